The molecule has 26 heavy (non-hydrogen) atoms. The van der Waals surface area contributed by atoms with Gasteiger partial charge < -0.3 is 5.32 Å². The molecule has 3 aromatic rings. The van der Waals surface area contributed by atoms with E-state index in [1.54, 1.807) is 24.3 Å². The number of amidine groups is 1. The quantitative estimate of drug-likeness (QED) is 0.308. The highest BCUT2D eigenvalue weighted by molar-refractivity contribution is 6.42. The number of nitrogens with one attached hydrogen (secondary N) is 2. The lowest BCUT2D eigenvalue weighted by molar-refractivity contribution is -0.110. The first-order valence-corrected chi connectivity index (χ1v) is 8.03. The van der Waals surface area contributed by atoms with Crippen LogP contribution in [-0.4, -0.2) is 11.7 Å². The molecule has 3 rings (SSSR count). The van der Waals surface area contributed by atoms with Gasteiger partial charge in [0.1, 0.15) is 0 Å². The minimum atomic E-state index is -0.459. The van der Waals surface area contributed by atoms with Crippen molar-refractivity contribution >= 4 is 28.8 Å². The van der Waals surface area contributed by atoms with Gasteiger partial charge in [0.25, 0.3) is 11.7 Å². The van der Waals surface area contributed by atoms with E-state index in [0.29, 0.717) is 11.4 Å². The summed E-state index contributed by atoms with van der Waals surface area (Å²) in [6.45, 7) is 0. The average molecular weight is 343 g/mol. The molecular formula is C20H17N5O. The van der Waals surface area contributed by atoms with E-state index in [1.165, 1.54) is 0 Å². The van der Waals surface area contributed by atoms with Crippen LogP contribution in [0.4, 0.5) is 17.1 Å². The fourth-order valence-electron chi connectivity index (χ4n) is 2.06. The van der Waals surface area contributed by atoms with Crippen LogP contribution in [0.25, 0.3) is 0 Å². The van der Waals surface area contributed by atoms with E-state index in [0.717, 1.165) is 5.69 Å². The molecule has 0 aliphatic rings. The van der Waals surface area contributed by atoms with E-state index in [9.17, 15) is 4.79 Å². The standard InChI is InChI=1S/C20H17N5O/c26-20(21-16-10-4-1-5-11-16)19(24-22-17-12-6-2-7-13-17)25-23-18-14-8-3-9-15-18/h1-15,22H,(H,21,26). The lowest BCUT2D eigenvalue weighted by Crippen LogP contribution is -2.22. The highest BCUT2D eigenvalue weighted by atomic mass is 16.2. The highest BCUT2D eigenvalue weighted by Gasteiger charge is 2.12. The van der Waals surface area contributed by atoms with Crippen molar-refractivity contribution in [2.24, 2.45) is 15.3 Å². The van der Waals surface area contributed by atoms with Crippen LogP contribution in [-0.2, 0) is 4.79 Å². The zero-order valence-electron chi connectivity index (χ0n) is 13.9. The zero-order chi connectivity index (χ0) is 18.0. The Hall–Kier alpha value is -3.80. The Kier molecular flexibility index (Phi) is 5.82. The molecule has 0 spiro atoms. The number of azo groups is 1. The number of hydrogen-bond acceptors (Lipinski definition) is 4. The number of amides is 1. The number of anilines is 2. The van der Waals surface area contributed by atoms with Crippen LogP contribution in [0.2, 0.25) is 0 Å². The Balaban J connectivity index is 1.80. The second kappa shape index (κ2) is 8.89. The number of hydrazone groups is 1. The van der Waals surface area contributed by atoms with E-state index < -0.39 is 5.91 Å². The van der Waals surface area contributed by atoms with E-state index in [2.05, 4.69) is 26.1 Å². The van der Waals surface area contributed by atoms with Gasteiger partial charge in [-0.1, -0.05) is 54.6 Å². The lowest BCUT2D eigenvalue weighted by atomic mass is 10.3. The summed E-state index contributed by atoms with van der Waals surface area (Å²) in [7, 11) is 0. The summed E-state index contributed by atoms with van der Waals surface area (Å²) < 4.78 is 0. The van der Waals surface area contributed by atoms with Gasteiger partial charge in [0.15, 0.2) is 0 Å². The van der Waals surface area contributed by atoms with Crippen molar-refractivity contribution in [3.05, 3.63) is 91.0 Å². The van der Waals surface area contributed by atoms with E-state index >= 15 is 0 Å². The zero-order valence-corrected chi connectivity index (χ0v) is 13.9. The lowest BCUT2D eigenvalue weighted by Gasteiger charge is -2.05. The van der Waals surface area contributed by atoms with Crippen molar-refractivity contribution in [2.45, 2.75) is 0 Å². The van der Waals surface area contributed by atoms with Gasteiger partial charge >= 0.3 is 0 Å². The molecule has 1 amide bonds. The van der Waals surface area contributed by atoms with Crippen LogP contribution < -0.4 is 10.7 Å². The Morgan fingerprint density at radius 2 is 1.23 bits per heavy atom. The Labute approximate surface area is 151 Å². The summed E-state index contributed by atoms with van der Waals surface area (Å²) >= 11 is 0. The van der Waals surface area contributed by atoms with Gasteiger partial charge in [-0.05, 0) is 36.4 Å². The number of para-hydroxylation sites is 2. The molecule has 0 saturated heterocycles. The van der Waals surface area contributed by atoms with Crippen molar-refractivity contribution < 1.29 is 4.79 Å². The SMILES string of the molecule is O=C(Nc1ccccc1)C(N=Nc1ccccc1)=NNc1ccccc1. The van der Waals surface area contributed by atoms with Crippen LogP contribution in [0.3, 0.4) is 0 Å². The Morgan fingerprint density at radius 3 is 1.85 bits per heavy atom. The second-order valence-corrected chi connectivity index (χ2v) is 5.27. The molecule has 0 bridgehead atoms. The van der Waals surface area contributed by atoms with Gasteiger partial charge in [-0.15, -0.1) is 15.3 Å². The first-order valence-electron chi connectivity index (χ1n) is 8.03. The normalized spacial score (nSPS) is 11.3. The first-order chi connectivity index (χ1) is 12.8. The number of rotatable bonds is 4. The number of nitrogens with zero attached hydrogens (tertiary/aromatic N) is 3. The predicted octanol–water partition coefficient (Wildman–Crippen LogP) is 4.83. The molecule has 0 radical (unpaired) electrons. The Bertz CT molecular complexity index is 893. The van der Waals surface area contributed by atoms with Crippen molar-refractivity contribution in [3.63, 3.8) is 0 Å². The Morgan fingerprint density at radius 1 is 0.692 bits per heavy atom. The van der Waals surface area contributed by atoms with Gasteiger partial charge in [-0.2, -0.15) is 0 Å². The van der Waals surface area contributed by atoms with Crippen LogP contribution in [0.15, 0.2) is 106 Å². The van der Waals surface area contributed by atoms with Crippen molar-refractivity contribution in [2.75, 3.05) is 10.7 Å². The van der Waals surface area contributed by atoms with Gasteiger partial charge in [0.2, 0.25) is 0 Å². The predicted molar refractivity (Wildman–Crippen MR) is 104 cm³/mol. The van der Waals surface area contributed by atoms with Crippen molar-refractivity contribution in [1.29, 1.82) is 0 Å². The molecule has 0 atom stereocenters. The monoisotopic (exact) mass is 343 g/mol. The third kappa shape index (κ3) is 5.10. The van der Waals surface area contributed by atoms with E-state index in [-0.39, 0.29) is 5.84 Å². The maximum atomic E-state index is 12.5. The molecule has 0 fully saturated rings. The number of carbonyl (C=O) groups excluding carboxylic acids is 1. The fraction of sp³-hybridized carbons (Fsp3) is 0. The molecule has 0 aromatic heterocycles. The maximum Gasteiger partial charge on any atom is 0.297 e. The molecule has 128 valence electrons. The summed E-state index contributed by atoms with van der Waals surface area (Å²) in [5, 5.41) is 14.9. The van der Waals surface area contributed by atoms with Crippen LogP contribution >= 0.6 is 0 Å². The minimum absolute atomic E-state index is 0.0819. The number of carbonyl (C=O) groups is 1. The summed E-state index contributed by atoms with van der Waals surface area (Å²) in [5.41, 5.74) is 4.85. The minimum Gasteiger partial charge on any atom is -0.319 e. The first kappa shape index (κ1) is 17.0. The number of benzene rings is 3. The highest BCUT2D eigenvalue weighted by Crippen LogP contribution is 2.12. The molecular weight excluding hydrogens is 326 g/mol. The molecule has 0 aliphatic heterocycles. The molecule has 6 heteroatoms. The third-order valence-corrected chi connectivity index (χ3v) is 3.32. The van der Waals surface area contributed by atoms with Gasteiger partial charge in [-0.25, -0.2) is 0 Å². The second-order valence-electron chi connectivity index (χ2n) is 5.27. The van der Waals surface area contributed by atoms with E-state index in [4.69, 9.17) is 0 Å². The molecule has 2 N–H and O–H groups in total. The third-order valence-electron chi connectivity index (χ3n) is 3.32. The van der Waals surface area contributed by atoms with Gasteiger partial charge in [0, 0.05) is 5.69 Å². The smallest absolute Gasteiger partial charge is 0.297 e. The molecule has 6 nitrogen and oxygen atoms in total. The van der Waals surface area contributed by atoms with Crippen molar-refractivity contribution in [3.8, 4) is 0 Å². The van der Waals surface area contributed by atoms with Crippen LogP contribution in [0.5, 0.6) is 0 Å². The average Bonchev–Trinajstić information content (AvgIpc) is 2.70. The van der Waals surface area contributed by atoms with Crippen LogP contribution in [0, 0.1) is 0 Å². The summed E-state index contributed by atoms with van der Waals surface area (Å²) in [4.78, 5) is 12.5. The molecule has 0 unspecified atom stereocenters. The molecule has 0 saturated carbocycles. The molecule has 0 heterocycles. The van der Waals surface area contributed by atoms with E-state index in [1.807, 2.05) is 66.7 Å². The summed E-state index contributed by atoms with van der Waals surface area (Å²) in [6, 6.07) is 27.6. The van der Waals surface area contributed by atoms with Gasteiger partial charge in [-0.3, -0.25) is 10.2 Å². The largest absolute Gasteiger partial charge is 0.319 e. The molecule has 3 aromatic carbocycles. The summed E-state index contributed by atoms with van der Waals surface area (Å²) in [5.74, 6) is -0.541. The maximum absolute atomic E-state index is 12.5. The number of hydrogen-bond donors (Lipinski definition) is 2. The fourth-order valence-corrected chi connectivity index (χ4v) is 2.06. The topological polar surface area (TPSA) is 78.2 Å². The van der Waals surface area contributed by atoms with Crippen LogP contribution in [0.1, 0.15) is 0 Å². The van der Waals surface area contributed by atoms with Crippen molar-refractivity contribution in [1.82, 2.24) is 0 Å². The summed E-state index contributed by atoms with van der Waals surface area (Å²) in [6.07, 6.45) is 0. The molecule has 0 aliphatic carbocycles. The van der Waals surface area contributed by atoms with Gasteiger partial charge in [0.05, 0.1) is 11.4 Å².